The molecule has 0 saturated heterocycles. The van der Waals surface area contributed by atoms with Crippen molar-refractivity contribution in [3.63, 3.8) is 0 Å². The molecule has 7 heteroatoms. The average Bonchev–Trinajstić information content (AvgIpc) is 2.29. The van der Waals surface area contributed by atoms with Gasteiger partial charge in [0.1, 0.15) is 5.25 Å². The van der Waals surface area contributed by atoms with E-state index in [2.05, 4.69) is 4.72 Å². The molecule has 18 heavy (non-hydrogen) atoms. The fraction of sp³-hybridized carbons (Fsp3) is 0.364. The van der Waals surface area contributed by atoms with Crippen LogP contribution >= 0.6 is 24.0 Å². The highest BCUT2D eigenvalue weighted by Gasteiger charge is 2.26. The smallest absolute Gasteiger partial charge is 0.242 e. The van der Waals surface area contributed by atoms with E-state index in [1.807, 2.05) is 18.4 Å². The molecule has 1 aromatic rings. The summed E-state index contributed by atoms with van der Waals surface area (Å²) in [4.78, 5) is 0.852. The predicted molar refractivity (Wildman–Crippen MR) is 81.6 cm³/mol. The molecule has 0 fully saturated rings. The summed E-state index contributed by atoms with van der Waals surface area (Å²) in [6.45, 7) is 1.74. The van der Waals surface area contributed by atoms with Crippen molar-refractivity contribution in [3.8, 4) is 0 Å². The van der Waals surface area contributed by atoms with Crippen molar-refractivity contribution in [1.29, 1.82) is 0 Å². The second-order valence-electron chi connectivity index (χ2n) is 3.65. The Bertz CT molecular complexity index is 529. The van der Waals surface area contributed by atoms with E-state index in [0.29, 0.717) is 12.1 Å². The molecule has 0 aliphatic carbocycles. The highest BCUT2D eigenvalue weighted by atomic mass is 32.2. The van der Waals surface area contributed by atoms with Gasteiger partial charge in [-0.25, -0.2) is 8.42 Å². The molecule has 0 radical (unpaired) electrons. The molecule has 1 unspecified atom stereocenters. The zero-order valence-corrected chi connectivity index (χ0v) is 12.7. The molecular formula is C11H16N2O2S3. The van der Waals surface area contributed by atoms with Gasteiger partial charge in [-0.05, 0) is 24.8 Å². The molecular weight excluding hydrogens is 288 g/mol. The second kappa shape index (κ2) is 6.40. The summed E-state index contributed by atoms with van der Waals surface area (Å²) in [6, 6.07) is 7.20. The van der Waals surface area contributed by atoms with E-state index in [1.165, 1.54) is 11.8 Å². The van der Waals surface area contributed by atoms with Crippen molar-refractivity contribution in [2.24, 2.45) is 5.73 Å². The maximum absolute atomic E-state index is 12.2. The zero-order valence-electron chi connectivity index (χ0n) is 10.2. The van der Waals surface area contributed by atoms with Crippen molar-refractivity contribution >= 4 is 44.7 Å². The Morgan fingerprint density at radius 3 is 2.61 bits per heavy atom. The number of anilines is 1. The van der Waals surface area contributed by atoms with Crippen LogP contribution in [0, 0.1) is 0 Å². The molecule has 0 aromatic heterocycles. The van der Waals surface area contributed by atoms with E-state index in [9.17, 15) is 8.42 Å². The Morgan fingerprint density at radius 2 is 2.11 bits per heavy atom. The fourth-order valence-electron chi connectivity index (χ4n) is 1.53. The summed E-state index contributed by atoms with van der Waals surface area (Å²) in [5.74, 6) is 0. The van der Waals surface area contributed by atoms with E-state index in [1.54, 1.807) is 19.1 Å². The number of sulfonamides is 1. The normalized spacial score (nSPS) is 13.0. The highest BCUT2D eigenvalue weighted by molar-refractivity contribution is 7.99. The van der Waals surface area contributed by atoms with E-state index in [0.717, 1.165) is 4.90 Å². The first-order valence-corrected chi connectivity index (χ1v) is 8.54. The Hall–Kier alpha value is -0.790. The van der Waals surface area contributed by atoms with Crippen LogP contribution in [0.25, 0.3) is 0 Å². The SMILES string of the molecule is CCC(C(N)=S)S(=O)(=O)Nc1ccccc1SC. The predicted octanol–water partition coefficient (Wildman–Crippen LogP) is 2.21. The van der Waals surface area contributed by atoms with E-state index < -0.39 is 15.3 Å². The third-order valence-corrected chi connectivity index (χ3v) is 5.49. The lowest BCUT2D eigenvalue weighted by molar-refractivity contribution is 0.594. The van der Waals surface area contributed by atoms with Crippen LogP contribution in [0.15, 0.2) is 29.2 Å². The summed E-state index contributed by atoms with van der Waals surface area (Å²) in [5.41, 5.74) is 6.02. The van der Waals surface area contributed by atoms with Gasteiger partial charge in [-0.1, -0.05) is 31.3 Å². The molecule has 100 valence electrons. The summed E-state index contributed by atoms with van der Waals surface area (Å²) < 4.78 is 26.9. The Labute approximate surface area is 117 Å². The van der Waals surface area contributed by atoms with Crippen LogP contribution in [0.2, 0.25) is 0 Å². The Morgan fingerprint density at radius 1 is 1.50 bits per heavy atom. The topological polar surface area (TPSA) is 72.2 Å². The molecule has 3 N–H and O–H groups in total. The van der Waals surface area contributed by atoms with Crippen LogP contribution in [0.4, 0.5) is 5.69 Å². The molecule has 4 nitrogen and oxygen atoms in total. The van der Waals surface area contributed by atoms with Crippen LogP contribution in [0.1, 0.15) is 13.3 Å². The van der Waals surface area contributed by atoms with Gasteiger partial charge in [0.05, 0.1) is 10.7 Å². The maximum Gasteiger partial charge on any atom is 0.242 e. The van der Waals surface area contributed by atoms with Crippen molar-refractivity contribution in [1.82, 2.24) is 0 Å². The second-order valence-corrected chi connectivity index (χ2v) is 6.83. The van der Waals surface area contributed by atoms with Crippen LogP contribution < -0.4 is 10.5 Å². The van der Waals surface area contributed by atoms with Crippen molar-refractivity contribution in [2.75, 3.05) is 11.0 Å². The Kier molecular flexibility index (Phi) is 5.43. The third-order valence-electron chi connectivity index (χ3n) is 2.42. The number of thiocarbonyl (C=S) groups is 1. The fourth-order valence-corrected chi connectivity index (χ4v) is 4.06. The minimum absolute atomic E-state index is 0.00775. The number of hydrogen-bond donors (Lipinski definition) is 2. The summed E-state index contributed by atoms with van der Waals surface area (Å²) >= 11 is 6.27. The molecule has 0 heterocycles. The van der Waals surface area contributed by atoms with Gasteiger partial charge in [0.15, 0.2) is 0 Å². The van der Waals surface area contributed by atoms with Crippen molar-refractivity contribution in [2.45, 2.75) is 23.5 Å². The monoisotopic (exact) mass is 304 g/mol. The third kappa shape index (κ3) is 3.60. The van der Waals surface area contributed by atoms with Gasteiger partial charge in [0.2, 0.25) is 10.0 Å². The van der Waals surface area contributed by atoms with Crippen molar-refractivity contribution in [3.05, 3.63) is 24.3 Å². The largest absolute Gasteiger partial charge is 0.392 e. The van der Waals surface area contributed by atoms with Crippen LogP contribution in [0.5, 0.6) is 0 Å². The van der Waals surface area contributed by atoms with E-state index in [-0.39, 0.29) is 4.99 Å². The van der Waals surface area contributed by atoms with Crippen LogP contribution in [-0.4, -0.2) is 24.9 Å². The van der Waals surface area contributed by atoms with E-state index >= 15 is 0 Å². The number of hydrogen-bond acceptors (Lipinski definition) is 4. The quantitative estimate of drug-likeness (QED) is 0.623. The number of nitrogens with two attached hydrogens (primary N) is 1. The van der Waals surface area contributed by atoms with E-state index in [4.69, 9.17) is 18.0 Å². The standard InChI is InChI=1S/C11H16N2O2S3/c1-3-10(11(12)16)18(14,15)13-8-6-4-5-7-9(8)17-2/h4-7,10,13H,3H2,1-2H3,(H2,12,16). The minimum Gasteiger partial charge on any atom is -0.392 e. The first-order valence-electron chi connectivity index (χ1n) is 5.36. The lowest BCUT2D eigenvalue weighted by atomic mass is 10.3. The lowest BCUT2D eigenvalue weighted by Crippen LogP contribution is -2.37. The van der Waals surface area contributed by atoms with Gasteiger partial charge < -0.3 is 5.73 Å². The maximum atomic E-state index is 12.2. The van der Waals surface area contributed by atoms with Crippen LogP contribution in [-0.2, 0) is 10.0 Å². The molecule has 0 aliphatic heterocycles. The van der Waals surface area contributed by atoms with Gasteiger partial charge >= 0.3 is 0 Å². The summed E-state index contributed by atoms with van der Waals surface area (Å²) in [5, 5.41) is -0.845. The molecule has 1 atom stereocenters. The molecule has 1 aromatic carbocycles. The van der Waals surface area contributed by atoms with Crippen LogP contribution in [0.3, 0.4) is 0 Å². The van der Waals surface area contributed by atoms with Gasteiger partial charge in [-0.2, -0.15) is 0 Å². The number of rotatable bonds is 6. The summed E-state index contributed by atoms with van der Waals surface area (Å²) in [7, 11) is -3.59. The van der Waals surface area contributed by atoms with Gasteiger partial charge in [-0.3, -0.25) is 4.72 Å². The first kappa shape index (κ1) is 15.3. The lowest BCUT2D eigenvalue weighted by Gasteiger charge is -2.17. The molecule has 0 amide bonds. The zero-order chi connectivity index (χ0) is 13.8. The molecule has 0 bridgehead atoms. The van der Waals surface area contributed by atoms with Gasteiger partial charge in [0.25, 0.3) is 0 Å². The van der Waals surface area contributed by atoms with Gasteiger partial charge in [0, 0.05) is 4.90 Å². The molecule has 0 saturated carbocycles. The van der Waals surface area contributed by atoms with Crippen molar-refractivity contribution < 1.29 is 8.42 Å². The molecule has 1 rings (SSSR count). The number of thioether (sulfide) groups is 1. The first-order chi connectivity index (χ1) is 8.42. The number of benzene rings is 1. The molecule has 0 spiro atoms. The summed E-state index contributed by atoms with van der Waals surface area (Å²) in [6.07, 6.45) is 2.24. The highest BCUT2D eigenvalue weighted by Crippen LogP contribution is 2.26. The Balaban J connectivity index is 3.05. The average molecular weight is 304 g/mol. The number of nitrogens with one attached hydrogen (secondary N) is 1. The minimum atomic E-state index is -3.59. The van der Waals surface area contributed by atoms with Gasteiger partial charge in [-0.15, -0.1) is 11.8 Å². The molecule has 0 aliphatic rings. The number of para-hydroxylation sites is 1.